The van der Waals surface area contributed by atoms with Crippen LogP contribution in [-0.2, 0) is 21.2 Å². The van der Waals surface area contributed by atoms with E-state index < -0.39 is 9.84 Å². The van der Waals surface area contributed by atoms with Gasteiger partial charge in [0.15, 0.2) is 9.84 Å². The van der Waals surface area contributed by atoms with Gasteiger partial charge in [0.2, 0.25) is 0 Å². The molecule has 2 bridgehead atoms. The van der Waals surface area contributed by atoms with Crippen LogP contribution in [0.5, 0.6) is 0 Å². The van der Waals surface area contributed by atoms with Gasteiger partial charge < -0.3 is 0 Å². The van der Waals surface area contributed by atoms with Gasteiger partial charge in [-0.05, 0) is 5.56 Å². The Morgan fingerprint density at radius 3 is 2.21 bits per heavy atom. The maximum atomic E-state index is 12.0. The Hall–Kier alpha value is -1.20. The number of rotatable bonds is 2. The van der Waals surface area contributed by atoms with Gasteiger partial charge in [-0.15, -0.1) is 0 Å². The van der Waals surface area contributed by atoms with Crippen molar-refractivity contribution in [3.8, 4) is 0 Å². The lowest BCUT2D eigenvalue weighted by Gasteiger charge is -2.39. The highest BCUT2D eigenvalue weighted by molar-refractivity contribution is 7.91. The fraction of sp³-hybridized carbons (Fsp3) is 0.500. The molecular weight excluding hydrogens is 262 g/mol. The average Bonchev–Trinajstić information content (AvgIpc) is 2.33. The van der Waals surface area contributed by atoms with E-state index in [1.165, 1.54) is 5.56 Å². The van der Waals surface area contributed by atoms with Crippen molar-refractivity contribution in [3.05, 3.63) is 35.9 Å². The fourth-order valence-corrected chi connectivity index (χ4v) is 5.03. The van der Waals surface area contributed by atoms with Gasteiger partial charge in [-0.3, -0.25) is 9.69 Å². The SMILES string of the molecule is O=C1[C@H]2CN(Cc3ccccc3)C[C@H]1CS(=O)(=O)C2. The lowest BCUT2D eigenvalue weighted by Crippen LogP contribution is -2.54. The Labute approximate surface area is 113 Å². The van der Waals surface area contributed by atoms with E-state index in [0.717, 1.165) is 6.54 Å². The van der Waals surface area contributed by atoms with Gasteiger partial charge in [0, 0.05) is 31.5 Å². The van der Waals surface area contributed by atoms with Crippen LogP contribution in [0.1, 0.15) is 5.56 Å². The minimum Gasteiger partial charge on any atom is -0.299 e. The molecule has 0 amide bonds. The first kappa shape index (κ1) is 12.8. The molecule has 102 valence electrons. The smallest absolute Gasteiger partial charge is 0.151 e. The predicted molar refractivity (Wildman–Crippen MR) is 72.4 cm³/mol. The fourth-order valence-electron chi connectivity index (χ4n) is 3.13. The predicted octanol–water partition coefficient (Wildman–Crippen LogP) is 0.732. The molecule has 5 heteroatoms. The van der Waals surface area contributed by atoms with Crippen molar-refractivity contribution >= 4 is 15.6 Å². The summed E-state index contributed by atoms with van der Waals surface area (Å²) in [4.78, 5) is 14.2. The minimum atomic E-state index is -3.02. The zero-order chi connectivity index (χ0) is 13.5. The summed E-state index contributed by atoms with van der Waals surface area (Å²) >= 11 is 0. The molecule has 2 aliphatic rings. The number of likely N-dealkylation sites (tertiary alicyclic amines) is 1. The quantitative estimate of drug-likeness (QED) is 0.801. The number of carbonyl (C=O) groups is 1. The van der Waals surface area contributed by atoms with Crippen LogP contribution in [0.15, 0.2) is 30.3 Å². The van der Waals surface area contributed by atoms with Gasteiger partial charge in [-0.1, -0.05) is 30.3 Å². The summed E-state index contributed by atoms with van der Waals surface area (Å²) < 4.78 is 23.4. The zero-order valence-corrected chi connectivity index (χ0v) is 11.5. The van der Waals surface area contributed by atoms with E-state index in [-0.39, 0.29) is 29.1 Å². The number of piperidine rings is 1. The Kier molecular flexibility index (Phi) is 3.19. The number of Topliss-reactive ketones (excluding diaryl/α,β-unsaturated/α-hetero) is 1. The minimum absolute atomic E-state index is 0.0353. The van der Waals surface area contributed by atoms with Crippen LogP contribution in [0, 0.1) is 11.8 Å². The number of sulfone groups is 1. The normalized spacial score (nSPS) is 30.2. The summed E-state index contributed by atoms with van der Waals surface area (Å²) in [5.41, 5.74) is 1.21. The molecule has 2 fully saturated rings. The largest absolute Gasteiger partial charge is 0.299 e. The van der Waals surface area contributed by atoms with Crippen molar-refractivity contribution in [3.63, 3.8) is 0 Å². The van der Waals surface area contributed by atoms with E-state index in [2.05, 4.69) is 17.0 Å². The first-order valence-electron chi connectivity index (χ1n) is 6.54. The van der Waals surface area contributed by atoms with Gasteiger partial charge in [0.05, 0.1) is 11.5 Å². The second-order valence-electron chi connectivity index (χ2n) is 5.55. The zero-order valence-electron chi connectivity index (χ0n) is 10.7. The molecule has 1 aromatic carbocycles. The summed E-state index contributed by atoms with van der Waals surface area (Å²) in [5.74, 6) is -0.414. The Morgan fingerprint density at radius 1 is 1.05 bits per heavy atom. The second kappa shape index (κ2) is 4.72. The number of carbonyl (C=O) groups excluding carboxylic acids is 1. The standard InChI is InChI=1S/C14H17NO3S/c16-14-12-7-15(6-11-4-2-1-3-5-11)8-13(14)10-19(17,18)9-12/h1-5,12-13H,6-10H2/t12-,13-/m0/s1. The molecule has 0 aliphatic carbocycles. The third kappa shape index (κ3) is 2.72. The summed E-state index contributed by atoms with van der Waals surface area (Å²) in [7, 11) is -3.02. The van der Waals surface area contributed by atoms with Crippen molar-refractivity contribution in [2.45, 2.75) is 6.54 Å². The second-order valence-corrected chi connectivity index (χ2v) is 7.71. The van der Waals surface area contributed by atoms with E-state index in [9.17, 15) is 13.2 Å². The number of nitrogens with zero attached hydrogens (tertiary/aromatic N) is 1. The van der Waals surface area contributed by atoms with Crippen LogP contribution in [0.3, 0.4) is 0 Å². The van der Waals surface area contributed by atoms with Crippen molar-refractivity contribution < 1.29 is 13.2 Å². The molecule has 2 saturated heterocycles. The molecule has 0 aromatic heterocycles. The highest BCUT2D eigenvalue weighted by Gasteiger charge is 2.43. The van der Waals surface area contributed by atoms with Crippen molar-refractivity contribution in [2.24, 2.45) is 11.8 Å². The molecule has 3 rings (SSSR count). The van der Waals surface area contributed by atoms with Gasteiger partial charge in [0.1, 0.15) is 5.78 Å². The number of fused-ring (bicyclic) bond motifs is 2. The Balaban J connectivity index is 1.74. The summed E-state index contributed by atoms with van der Waals surface area (Å²) in [6.45, 7) is 1.94. The topological polar surface area (TPSA) is 54.5 Å². The third-order valence-electron chi connectivity index (χ3n) is 3.92. The van der Waals surface area contributed by atoms with E-state index in [4.69, 9.17) is 0 Å². The van der Waals surface area contributed by atoms with Gasteiger partial charge in [0.25, 0.3) is 0 Å². The molecule has 0 spiro atoms. The van der Waals surface area contributed by atoms with E-state index in [1.807, 2.05) is 18.2 Å². The van der Waals surface area contributed by atoms with E-state index in [1.54, 1.807) is 0 Å². The van der Waals surface area contributed by atoms with E-state index >= 15 is 0 Å². The van der Waals surface area contributed by atoms with Crippen LogP contribution in [0.2, 0.25) is 0 Å². The Morgan fingerprint density at radius 2 is 1.63 bits per heavy atom. The molecule has 4 nitrogen and oxygen atoms in total. The van der Waals surface area contributed by atoms with Gasteiger partial charge in [-0.25, -0.2) is 8.42 Å². The average molecular weight is 279 g/mol. The number of ketones is 1. The van der Waals surface area contributed by atoms with Crippen molar-refractivity contribution in [1.29, 1.82) is 0 Å². The van der Waals surface area contributed by atoms with Crippen LogP contribution >= 0.6 is 0 Å². The summed E-state index contributed by atoms with van der Waals surface area (Å²) in [6, 6.07) is 10.1. The van der Waals surface area contributed by atoms with Crippen molar-refractivity contribution in [1.82, 2.24) is 4.90 Å². The highest BCUT2D eigenvalue weighted by atomic mass is 32.2. The monoisotopic (exact) mass is 279 g/mol. The van der Waals surface area contributed by atoms with Crippen LogP contribution in [0.4, 0.5) is 0 Å². The molecule has 2 aliphatic heterocycles. The maximum Gasteiger partial charge on any atom is 0.151 e. The van der Waals surface area contributed by atoms with Crippen LogP contribution < -0.4 is 0 Å². The Bertz CT molecular complexity index is 558. The lowest BCUT2D eigenvalue weighted by molar-refractivity contribution is -0.130. The third-order valence-corrected chi connectivity index (χ3v) is 5.74. The van der Waals surface area contributed by atoms with Gasteiger partial charge in [-0.2, -0.15) is 0 Å². The molecule has 0 unspecified atom stereocenters. The maximum absolute atomic E-state index is 12.0. The molecule has 0 N–H and O–H groups in total. The number of benzene rings is 1. The molecule has 0 saturated carbocycles. The molecular formula is C14H17NO3S. The van der Waals surface area contributed by atoms with Crippen molar-refractivity contribution in [2.75, 3.05) is 24.6 Å². The molecule has 1 aromatic rings. The highest BCUT2D eigenvalue weighted by Crippen LogP contribution is 2.27. The van der Waals surface area contributed by atoms with Crippen LogP contribution in [-0.4, -0.2) is 43.7 Å². The number of hydrogen-bond donors (Lipinski definition) is 0. The molecule has 2 atom stereocenters. The molecule has 0 radical (unpaired) electrons. The number of hydrogen-bond acceptors (Lipinski definition) is 4. The summed E-state index contributed by atoms with van der Waals surface area (Å²) in [5, 5.41) is 0. The molecule has 19 heavy (non-hydrogen) atoms. The van der Waals surface area contributed by atoms with E-state index in [0.29, 0.717) is 13.1 Å². The first-order valence-corrected chi connectivity index (χ1v) is 8.36. The summed E-state index contributed by atoms with van der Waals surface area (Å²) in [6.07, 6.45) is 0. The lowest BCUT2D eigenvalue weighted by atomic mass is 9.89. The van der Waals surface area contributed by atoms with Gasteiger partial charge >= 0.3 is 0 Å². The van der Waals surface area contributed by atoms with Crippen LogP contribution in [0.25, 0.3) is 0 Å². The first-order chi connectivity index (χ1) is 9.03. The molecule has 2 heterocycles.